The third kappa shape index (κ3) is 3.39. The number of rotatable bonds is 5. The van der Waals surface area contributed by atoms with Crippen LogP contribution >= 0.6 is 0 Å². The molecule has 0 fully saturated rings. The van der Waals surface area contributed by atoms with Crippen molar-refractivity contribution >= 4 is 11.8 Å². The molecule has 27 heavy (non-hydrogen) atoms. The van der Waals surface area contributed by atoms with E-state index in [4.69, 9.17) is 18.6 Å². The fourth-order valence-corrected chi connectivity index (χ4v) is 2.64. The molecule has 0 amide bonds. The van der Waals surface area contributed by atoms with Crippen LogP contribution in [0.25, 0.3) is 11.5 Å². The van der Waals surface area contributed by atoms with Crippen molar-refractivity contribution in [2.75, 3.05) is 13.4 Å². The maximum Gasteiger partial charge on any atom is 0.361 e. The highest BCUT2D eigenvalue weighted by Crippen LogP contribution is 2.32. The average Bonchev–Trinajstić information content (AvgIpc) is 3.32. The van der Waals surface area contributed by atoms with Gasteiger partial charge in [0.1, 0.15) is 5.76 Å². The Morgan fingerprint density at radius 3 is 2.67 bits per heavy atom. The van der Waals surface area contributed by atoms with Gasteiger partial charge in [0.25, 0.3) is 0 Å². The first-order valence-electron chi connectivity index (χ1n) is 8.24. The molecule has 1 aliphatic rings. The number of aryl methyl sites for hydroxylation is 1. The number of hydrogen-bond acceptors (Lipinski definition) is 7. The van der Waals surface area contributed by atoms with Crippen LogP contribution in [-0.2, 0) is 4.74 Å². The predicted molar refractivity (Wildman–Crippen MR) is 93.9 cm³/mol. The van der Waals surface area contributed by atoms with E-state index in [9.17, 15) is 9.59 Å². The lowest BCUT2D eigenvalue weighted by Crippen LogP contribution is -2.15. The van der Waals surface area contributed by atoms with Crippen LogP contribution in [0.1, 0.15) is 26.6 Å². The van der Waals surface area contributed by atoms with Crippen LogP contribution in [0.15, 0.2) is 52.9 Å². The predicted octanol–water partition coefficient (Wildman–Crippen LogP) is 3.42. The number of fused-ring (bicyclic) bond motifs is 1. The molecule has 0 aliphatic carbocycles. The van der Waals surface area contributed by atoms with Crippen molar-refractivity contribution in [1.82, 2.24) is 4.98 Å². The van der Waals surface area contributed by atoms with E-state index >= 15 is 0 Å². The molecular weight excluding hydrogens is 350 g/mol. The third-order valence-corrected chi connectivity index (χ3v) is 4.04. The monoisotopic (exact) mass is 365 g/mol. The summed E-state index contributed by atoms with van der Waals surface area (Å²) in [6.07, 6.45) is 0. The lowest BCUT2D eigenvalue weighted by molar-refractivity contribution is 0.0468. The topological polar surface area (TPSA) is 87.9 Å². The number of ether oxygens (including phenoxy) is 3. The van der Waals surface area contributed by atoms with Gasteiger partial charge < -0.3 is 18.6 Å². The van der Waals surface area contributed by atoms with Gasteiger partial charge >= 0.3 is 5.97 Å². The molecule has 136 valence electrons. The lowest BCUT2D eigenvalue weighted by Gasteiger charge is -2.04. The highest BCUT2D eigenvalue weighted by atomic mass is 16.7. The second-order valence-electron chi connectivity index (χ2n) is 5.86. The van der Waals surface area contributed by atoms with Crippen LogP contribution in [0.3, 0.4) is 0 Å². The molecular formula is C20H15NO6. The van der Waals surface area contributed by atoms with E-state index in [2.05, 4.69) is 4.98 Å². The first-order valence-corrected chi connectivity index (χ1v) is 8.24. The zero-order valence-electron chi connectivity index (χ0n) is 14.4. The number of esters is 1. The van der Waals surface area contributed by atoms with Gasteiger partial charge in [-0.2, -0.15) is 0 Å². The smallest absolute Gasteiger partial charge is 0.361 e. The Morgan fingerprint density at radius 2 is 1.85 bits per heavy atom. The van der Waals surface area contributed by atoms with Crippen LogP contribution in [-0.4, -0.2) is 30.1 Å². The normalized spacial score (nSPS) is 12.0. The van der Waals surface area contributed by atoms with Gasteiger partial charge in [0.05, 0.1) is 0 Å². The Labute approximate surface area is 154 Å². The summed E-state index contributed by atoms with van der Waals surface area (Å²) in [5.74, 6) is 0.650. The number of nitrogens with zero attached hydrogens (tertiary/aromatic N) is 1. The van der Waals surface area contributed by atoms with E-state index < -0.39 is 12.6 Å². The standard InChI is InChI=1S/C20H15NO6/c1-12-18(21-19(27-12)13-5-3-2-4-6-13)20(23)24-10-15(22)14-7-8-16-17(9-14)26-11-25-16/h2-9H,10-11H2,1H3. The molecule has 0 N–H and O–H groups in total. The zero-order valence-corrected chi connectivity index (χ0v) is 14.4. The van der Waals surface area contributed by atoms with Crippen molar-refractivity contribution in [2.45, 2.75) is 6.92 Å². The molecule has 7 heteroatoms. The van der Waals surface area contributed by atoms with Gasteiger partial charge in [-0.25, -0.2) is 9.78 Å². The number of carbonyl (C=O) groups excluding carboxylic acids is 2. The molecule has 1 aromatic heterocycles. The number of carbonyl (C=O) groups is 2. The van der Waals surface area contributed by atoms with Gasteiger partial charge in [-0.3, -0.25) is 4.79 Å². The molecule has 3 aromatic rings. The molecule has 2 aromatic carbocycles. The molecule has 0 saturated carbocycles. The van der Waals surface area contributed by atoms with Crippen molar-refractivity contribution in [3.8, 4) is 23.0 Å². The van der Waals surface area contributed by atoms with E-state index in [1.807, 2.05) is 30.3 Å². The molecule has 0 spiro atoms. The van der Waals surface area contributed by atoms with E-state index in [0.717, 1.165) is 5.56 Å². The highest BCUT2D eigenvalue weighted by Gasteiger charge is 2.21. The van der Waals surface area contributed by atoms with Crippen LogP contribution in [0.5, 0.6) is 11.5 Å². The minimum atomic E-state index is -0.715. The second-order valence-corrected chi connectivity index (χ2v) is 5.86. The Hall–Kier alpha value is -3.61. The molecule has 7 nitrogen and oxygen atoms in total. The molecule has 4 rings (SSSR count). The quantitative estimate of drug-likeness (QED) is 0.506. The molecule has 0 atom stereocenters. The van der Waals surface area contributed by atoms with E-state index in [1.165, 1.54) is 0 Å². The minimum absolute atomic E-state index is 0.0485. The first-order chi connectivity index (χ1) is 13.1. The van der Waals surface area contributed by atoms with Crippen molar-refractivity contribution in [3.05, 3.63) is 65.5 Å². The second kappa shape index (κ2) is 6.95. The maximum absolute atomic E-state index is 12.3. The van der Waals surface area contributed by atoms with Crippen LogP contribution in [0.4, 0.5) is 0 Å². The van der Waals surface area contributed by atoms with Crippen LogP contribution in [0.2, 0.25) is 0 Å². The van der Waals surface area contributed by atoms with E-state index in [1.54, 1.807) is 25.1 Å². The van der Waals surface area contributed by atoms with Gasteiger partial charge in [-0.15, -0.1) is 0 Å². The molecule has 1 aliphatic heterocycles. The number of ketones is 1. The zero-order chi connectivity index (χ0) is 18.8. The van der Waals surface area contributed by atoms with Crippen molar-refractivity contribution in [1.29, 1.82) is 0 Å². The van der Waals surface area contributed by atoms with Crippen molar-refractivity contribution in [3.63, 3.8) is 0 Å². The number of Topliss-reactive ketones (excluding diaryl/α,β-unsaturated/α-hetero) is 1. The summed E-state index contributed by atoms with van der Waals surface area (Å²) in [5.41, 5.74) is 1.16. The number of hydrogen-bond donors (Lipinski definition) is 0. The number of aromatic nitrogens is 1. The molecule has 0 bridgehead atoms. The highest BCUT2D eigenvalue weighted by molar-refractivity contribution is 5.99. The molecule has 2 heterocycles. The van der Waals surface area contributed by atoms with E-state index in [-0.39, 0.29) is 18.3 Å². The average molecular weight is 365 g/mol. The minimum Gasteiger partial charge on any atom is -0.454 e. The summed E-state index contributed by atoms with van der Waals surface area (Å²) >= 11 is 0. The Balaban J connectivity index is 1.44. The lowest BCUT2D eigenvalue weighted by atomic mass is 10.1. The van der Waals surface area contributed by atoms with Gasteiger partial charge in [0.15, 0.2) is 29.6 Å². The Morgan fingerprint density at radius 1 is 1.07 bits per heavy atom. The van der Waals surface area contributed by atoms with Crippen molar-refractivity contribution in [2.24, 2.45) is 0 Å². The van der Waals surface area contributed by atoms with Gasteiger partial charge in [-0.05, 0) is 37.3 Å². The van der Waals surface area contributed by atoms with E-state index in [0.29, 0.717) is 28.7 Å². The molecule has 0 radical (unpaired) electrons. The van der Waals surface area contributed by atoms with Crippen LogP contribution in [0, 0.1) is 6.92 Å². The van der Waals surface area contributed by atoms with Gasteiger partial charge in [0, 0.05) is 11.1 Å². The SMILES string of the molecule is Cc1oc(-c2ccccc2)nc1C(=O)OCC(=O)c1ccc2c(c1)OCO2. The summed E-state index contributed by atoms with van der Waals surface area (Å²) in [7, 11) is 0. The Kier molecular flexibility index (Phi) is 4.33. The van der Waals surface area contributed by atoms with Crippen molar-refractivity contribution < 1.29 is 28.2 Å². The number of benzene rings is 2. The fraction of sp³-hybridized carbons (Fsp3) is 0.150. The fourth-order valence-electron chi connectivity index (χ4n) is 2.64. The summed E-state index contributed by atoms with van der Waals surface area (Å²) < 4.78 is 21.1. The summed E-state index contributed by atoms with van der Waals surface area (Å²) in [4.78, 5) is 28.8. The van der Waals surface area contributed by atoms with Gasteiger partial charge in [0.2, 0.25) is 12.7 Å². The molecule has 0 unspecified atom stereocenters. The van der Waals surface area contributed by atoms with Gasteiger partial charge in [-0.1, -0.05) is 18.2 Å². The maximum atomic E-state index is 12.3. The summed E-state index contributed by atoms with van der Waals surface area (Å²) in [6.45, 7) is 1.33. The van der Waals surface area contributed by atoms with Crippen LogP contribution < -0.4 is 9.47 Å². The third-order valence-electron chi connectivity index (χ3n) is 4.04. The Bertz CT molecular complexity index is 1010. The number of oxazole rings is 1. The summed E-state index contributed by atoms with van der Waals surface area (Å²) in [5, 5.41) is 0. The molecule has 0 saturated heterocycles. The largest absolute Gasteiger partial charge is 0.454 e. The first kappa shape index (κ1) is 16.8. The summed E-state index contributed by atoms with van der Waals surface area (Å²) in [6, 6.07) is 14.0.